The van der Waals surface area contributed by atoms with E-state index in [-0.39, 0.29) is 5.91 Å². The second-order valence-corrected chi connectivity index (χ2v) is 6.15. The lowest BCUT2D eigenvalue weighted by Gasteiger charge is -2.10. The van der Waals surface area contributed by atoms with E-state index in [4.69, 9.17) is 0 Å². The Hall–Kier alpha value is -2.95. The standard InChI is InChI=1S/C19H18N4O/c1-11-3-4-13(9-12(11)2)18-20-7-6-16(23-18)17-10-14-15(22-17)5-8-21-19(14)24/h3-4,6-7,9-10,22H,5,8H2,1-2H3,(H,21,24). The third-order valence-corrected chi connectivity index (χ3v) is 4.50. The maximum atomic E-state index is 11.9. The first-order valence-electron chi connectivity index (χ1n) is 8.03. The minimum absolute atomic E-state index is 0.0258. The highest BCUT2D eigenvalue weighted by atomic mass is 16.1. The smallest absolute Gasteiger partial charge is 0.253 e. The van der Waals surface area contributed by atoms with Gasteiger partial charge in [0.25, 0.3) is 5.91 Å². The van der Waals surface area contributed by atoms with Gasteiger partial charge in [-0.25, -0.2) is 9.97 Å². The number of rotatable bonds is 2. The Bertz CT molecular complexity index is 942. The predicted octanol–water partition coefficient (Wildman–Crippen LogP) is 3.04. The first kappa shape index (κ1) is 14.6. The lowest BCUT2D eigenvalue weighted by molar-refractivity contribution is 0.0946. The molecule has 3 aromatic rings. The van der Waals surface area contributed by atoms with Crippen molar-refractivity contribution in [3.63, 3.8) is 0 Å². The number of H-pyrrole nitrogens is 1. The van der Waals surface area contributed by atoms with E-state index in [0.717, 1.165) is 29.1 Å². The zero-order chi connectivity index (χ0) is 16.7. The fourth-order valence-corrected chi connectivity index (χ4v) is 2.96. The van der Waals surface area contributed by atoms with Gasteiger partial charge in [0, 0.05) is 30.4 Å². The van der Waals surface area contributed by atoms with Gasteiger partial charge in [0.1, 0.15) is 0 Å². The summed E-state index contributed by atoms with van der Waals surface area (Å²) in [5, 5.41) is 2.86. The highest BCUT2D eigenvalue weighted by Crippen LogP contribution is 2.25. The molecule has 1 aromatic carbocycles. The second-order valence-electron chi connectivity index (χ2n) is 6.15. The van der Waals surface area contributed by atoms with Crippen LogP contribution in [-0.2, 0) is 6.42 Å². The molecule has 2 N–H and O–H groups in total. The molecular formula is C19H18N4O. The van der Waals surface area contributed by atoms with Crippen molar-refractivity contribution in [1.82, 2.24) is 20.3 Å². The number of carbonyl (C=O) groups is 1. The molecule has 0 aliphatic carbocycles. The van der Waals surface area contributed by atoms with E-state index in [0.29, 0.717) is 17.9 Å². The summed E-state index contributed by atoms with van der Waals surface area (Å²) in [7, 11) is 0. The number of benzene rings is 1. The van der Waals surface area contributed by atoms with E-state index < -0.39 is 0 Å². The number of hydrogen-bond acceptors (Lipinski definition) is 3. The molecule has 2 aromatic heterocycles. The molecule has 1 aliphatic rings. The molecule has 0 atom stereocenters. The van der Waals surface area contributed by atoms with Crippen LogP contribution in [0.25, 0.3) is 22.8 Å². The number of hydrogen-bond donors (Lipinski definition) is 2. The summed E-state index contributed by atoms with van der Waals surface area (Å²) in [5.41, 5.74) is 6.79. The number of aromatic nitrogens is 3. The van der Waals surface area contributed by atoms with Crippen LogP contribution in [0, 0.1) is 13.8 Å². The molecule has 24 heavy (non-hydrogen) atoms. The van der Waals surface area contributed by atoms with Crippen LogP contribution in [0.15, 0.2) is 36.5 Å². The summed E-state index contributed by atoms with van der Waals surface area (Å²) >= 11 is 0. The average Bonchev–Trinajstić information content (AvgIpc) is 3.03. The Labute approximate surface area is 140 Å². The largest absolute Gasteiger partial charge is 0.356 e. The van der Waals surface area contributed by atoms with E-state index in [9.17, 15) is 4.79 Å². The predicted molar refractivity (Wildman–Crippen MR) is 92.8 cm³/mol. The molecular weight excluding hydrogens is 300 g/mol. The van der Waals surface area contributed by atoms with Crippen LogP contribution < -0.4 is 5.32 Å². The Balaban J connectivity index is 1.75. The summed E-state index contributed by atoms with van der Waals surface area (Å²) in [4.78, 5) is 24.3. The van der Waals surface area contributed by atoms with Gasteiger partial charge in [0.15, 0.2) is 5.82 Å². The van der Waals surface area contributed by atoms with Crippen molar-refractivity contribution in [3.8, 4) is 22.8 Å². The highest BCUT2D eigenvalue weighted by molar-refractivity contribution is 5.97. The number of amides is 1. The fraction of sp³-hybridized carbons (Fsp3) is 0.211. The van der Waals surface area contributed by atoms with E-state index >= 15 is 0 Å². The molecule has 0 unspecified atom stereocenters. The average molecular weight is 318 g/mol. The molecule has 120 valence electrons. The van der Waals surface area contributed by atoms with Gasteiger partial charge >= 0.3 is 0 Å². The Morgan fingerprint density at radius 1 is 1.08 bits per heavy atom. The number of nitrogens with one attached hydrogen (secondary N) is 2. The number of aromatic amines is 1. The van der Waals surface area contributed by atoms with Gasteiger partial charge in [0.05, 0.1) is 17.0 Å². The Morgan fingerprint density at radius 2 is 1.96 bits per heavy atom. The molecule has 0 radical (unpaired) electrons. The van der Waals surface area contributed by atoms with Gasteiger partial charge in [-0.2, -0.15) is 0 Å². The van der Waals surface area contributed by atoms with Crippen molar-refractivity contribution in [3.05, 3.63) is 58.9 Å². The van der Waals surface area contributed by atoms with Gasteiger partial charge in [0.2, 0.25) is 0 Å². The number of nitrogens with zero attached hydrogens (tertiary/aromatic N) is 2. The van der Waals surface area contributed by atoms with E-state index in [1.807, 2.05) is 18.2 Å². The molecule has 0 saturated heterocycles. The molecule has 0 saturated carbocycles. The van der Waals surface area contributed by atoms with E-state index in [1.54, 1.807) is 6.20 Å². The minimum atomic E-state index is -0.0258. The zero-order valence-corrected chi connectivity index (χ0v) is 13.7. The van der Waals surface area contributed by atoms with Crippen LogP contribution >= 0.6 is 0 Å². The van der Waals surface area contributed by atoms with Crippen LogP contribution in [0.1, 0.15) is 27.2 Å². The number of fused-ring (bicyclic) bond motifs is 1. The molecule has 5 heteroatoms. The zero-order valence-electron chi connectivity index (χ0n) is 13.7. The maximum Gasteiger partial charge on any atom is 0.253 e. The lowest BCUT2D eigenvalue weighted by atomic mass is 10.1. The third-order valence-electron chi connectivity index (χ3n) is 4.50. The van der Waals surface area contributed by atoms with Crippen molar-refractivity contribution in [2.24, 2.45) is 0 Å². The lowest BCUT2D eigenvalue weighted by Crippen LogP contribution is -2.31. The van der Waals surface area contributed by atoms with Crippen LogP contribution in [0.3, 0.4) is 0 Å². The SMILES string of the molecule is Cc1ccc(-c2nccc(-c3cc4c([nH]3)CCNC4=O)n2)cc1C. The van der Waals surface area contributed by atoms with Gasteiger partial charge in [-0.15, -0.1) is 0 Å². The second kappa shape index (κ2) is 5.60. The monoisotopic (exact) mass is 318 g/mol. The summed E-state index contributed by atoms with van der Waals surface area (Å²) in [5.74, 6) is 0.662. The van der Waals surface area contributed by atoms with Crippen molar-refractivity contribution in [2.45, 2.75) is 20.3 Å². The van der Waals surface area contributed by atoms with Gasteiger partial charge in [-0.3, -0.25) is 4.79 Å². The van der Waals surface area contributed by atoms with Crippen molar-refractivity contribution in [2.75, 3.05) is 6.54 Å². The van der Waals surface area contributed by atoms with E-state index in [2.05, 4.69) is 46.2 Å². The van der Waals surface area contributed by atoms with Crippen molar-refractivity contribution in [1.29, 1.82) is 0 Å². The molecule has 5 nitrogen and oxygen atoms in total. The summed E-state index contributed by atoms with van der Waals surface area (Å²) in [6, 6.07) is 9.95. The molecule has 0 spiro atoms. The van der Waals surface area contributed by atoms with Crippen molar-refractivity contribution < 1.29 is 4.79 Å². The minimum Gasteiger partial charge on any atom is -0.356 e. The topological polar surface area (TPSA) is 70.7 Å². The Kier molecular flexibility index (Phi) is 3.41. The maximum absolute atomic E-state index is 11.9. The molecule has 4 rings (SSSR count). The Morgan fingerprint density at radius 3 is 2.75 bits per heavy atom. The summed E-state index contributed by atoms with van der Waals surface area (Å²) in [6.45, 7) is 4.84. The first-order valence-corrected chi connectivity index (χ1v) is 8.03. The molecule has 0 bridgehead atoms. The first-order chi connectivity index (χ1) is 11.6. The highest BCUT2D eigenvalue weighted by Gasteiger charge is 2.20. The van der Waals surface area contributed by atoms with Crippen LogP contribution in [-0.4, -0.2) is 27.4 Å². The van der Waals surface area contributed by atoms with Gasteiger partial charge in [-0.1, -0.05) is 12.1 Å². The molecule has 1 amide bonds. The van der Waals surface area contributed by atoms with E-state index in [1.165, 1.54) is 11.1 Å². The molecule has 3 heterocycles. The van der Waals surface area contributed by atoms with Gasteiger partial charge in [-0.05, 0) is 43.2 Å². The normalized spacial score (nSPS) is 13.5. The third kappa shape index (κ3) is 2.48. The molecule has 1 aliphatic heterocycles. The quantitative estimate of drug-likeness (QED) is 0.763. The van der Waals surface area contributed by atoms with Gasteiger partial charge < -0.3 is 10.3 Å². The number of carbonyl (C=O) groups excluding carboxylic acids is 1. The number of aryl methyl sites for hydroxylation is 2. The summed E-state index contributed by atoms with van der Waals surface area (Å²) in [6.07, 6.45) is 2.57. The molecule has 0 fully saturated rings. The van der Waals surface area contributed by atoms with Crippen LogP contribution in [0.5, 0.6) is 0 Å². The summed E-state index contributed by atoms with van der Waals surface area (Å²) < 4.78 is 0. The van der Waals surface area contributed by atoms with Crippen LogP contribution in [0.4, 0.5) is 0 Å². The van der Waals surface area contributed by atoms with Crippen LogP contribution in [0.2, 0.25) is 0 Å². The fourth-order valence-electron chi connectivity index (χ4n) is 2.96. The van der Waals surface area contributed by atoms with Crippen molar-refractivity contribution >= 4 is 5.91 Å².